The zero-order valence-electron chi connectivity index (χ0n) is 13.0. The fraction of sp³-hybridized carbons (Fsp3) is 0.316. The van der Waals surface area contributed by atoms with Crippen molar-refractivity contribution < 1.29 is 14.3 Å². The van der Waals surface area contributed by atoms with Crippen LogP contribution in [0, 0.1) is 0 Å². The number of carbonyl (C=O) groups excluding carboxylic acids is 1. The predicted molar refractivity (Wildman–Crippen MR) is 89.9 cm³/mol. The molecule has 23 heavy (non-hydrogen) atoms. The number of ether oxygens (including phenoxy) is 2. The van der Waals surface area contributed by atoms with Crippen molar-refractivity contribution >= 4 is 11.6 Å². The molecule has 3 rings (SSSR count). The first-order chi connectivity index (χ1) is 11.3. The van der Waals surface area contributed by atoms with Crippen LogP contribution >= 0.6 is 0 Å². The van der Waals surface area contributed by atoms with Crippen LogP contribution in [0.25, 0.3) is 0 Å². The molecule has 0 aromatic heterocycles. The van der Waals surface area contributed by atoms with Gasteiger partial charge in [0.05, 0.1) is 6.10 Å². The smallest absolute Gasteiger partial charge is 0.262 e. The van der Waals surface area contributed by atoms with E-state index in [1.807, 2.05) is 54.6 Å². The van der Waals surface area contributed by atoms with E-state index in [0.29, 0.717) is 11.9 Å². The van der Waals surface area contributed by atoms with E-state index in [0.717, 1.165) is 24.3 Å². The summed E-state index contributed by atoms with van der Waals surface area (Å²) in [5, 5.41) is 2.83. The Morgan fingerprint density at radius 1 is 1.00 bits per heavy atom. The predicted octanol–water partition coefficient (Wildman–Crippen LogP) is 4.03. The van der Waals surface area contributed by atoms with Crippen LogP contribution in [-0.4, -0.2) is 18.6 Å². The minimum absolute atomic E-state index is 0.0161. The summed E-state index contributed by atoms with van der Waals surface area (Å²) in [5.74, 6) is 1.30. The highest BCUT2D eigenvalue weighted by Gasteiger charge is 2.16. The van der Waals surface area contributed by atoms with Crippen molar-refractivity contribution in [3.63, 3.8) is 0 Å². The number of benzene rings is 2. The minimum atomic E-state index is -0.188. The second-order valence-electron chi connectivity index (χ2n) is 5.70. The van der Waals surface area contributed by atoms with Crippen molar-refractivity contribution in [1.29, 1.82) is 0 Å². The largest absolute Gasteiger partial charge is 0.490 e. The van der Waals surface area contributed by atoms with Gasteiger partial charge in [-0.2, -0.15) is 0 Å². The van der Waals surface area contributed by atoms with Crippen LogP contribution in [0.1, 0.15) is 25.7 Å². The van der Waals surface area contributed by atoms with Gasteiger partial charge in [-0.1, -0.05) is 24.3 Å². The van der Waals surface area contributed by atoms with E-state index in [2.05, 4.69) is 5.32 Å². The van der Waals surface area contributed by atoms with Gasteiger partial charge in [0.2, 0.25) is 0 Å². The molecule has 1 fully saturated rings. The second-order valence-corrected chi connectivity index (χ2v) is 5.70. The van der Waals surface area contributed by atoms with Gasteiger partial charge in [-0.3, -0.25) is 4.79 Å². The lowest BCUT2D eigenvalue weighted by atomic mass is 10.2. The minimum Gasteiger partial charge on any atom is -0.490 e. The van der Waals surface area contributed by atoms with Crippen molar-refractivity contribution in [2.45, 2.75) is 31.8 Å². The van der Waals surface area contributed by atoms with Crippen molar-refractivity contribution in [2.75, 3.05) is 11.9 Å². The number of nitrogens with one attached hydrogen (secondary N) is 1. The lowest BCUT2D eigenvalue weighted by molar-refractivity contribution is -0.118. The molecule has 1 N–H and O–H groups in total. The summed E-state index contributed by atoms with van der Waals surface area (Å²) in [6, 6.07) is 16.8. The molecule has 120 valence electrons. The Morgan fingerprint density at radius 2 is 1.74 bits per heavy atom. The zero-order valence-corrected chi connectivity index (χ0v) is 13.0. The maximum atomic E-state index is 12.0. The summed E-state index contributed by atoms with van der Waals surface area (Å²) in [7, 11) is 0. The molecule has 0 unspecified atom stereocenters. The molecule has 2 aromatic carbocycles. The molecule has 0 saturated heterocycles. The normalized spacial score (nSPS) is 14.4. The highest BCUT2D eigenvalue weighted by atomic mass is 16.5. The monoisotopic (exact) mass is 311 g/mol. The van der Waals surface area contributed by atoms with Gasteiger partial charge in [0.25, 0.3) is 5.91 Å². The van der Waals surface area contributed by atoms with E-state index in [-0.39, 0.29) is 12.5 Å². The first-order valence-electron chi connectivity index (χ1n) is 8.04. The molecule has 1 amide bonds. The molecule has 0 bridgehead atoms. The fourth-order valence-corrected chi connectivity index (χ4v) is 2.71. The van der Waals surface area contributed by atoms with E-state index in [1.165, 1.54) is 12.8 Å². The third-order valence-electron chi connectivity index (χ3n) is 3.84. The van der Waals surface area contributed by atoms with E-state index in [9.17, 15) is 4.79 Å². The quantitative estimate of drug-likeness (QED) is 0.876. The lowest BCUT2D eigenvalue weighted by Crippen LogP contribution is -2.20. The first-order valence-corrected chi connectivity index (χ1v) is 8.04. The first kappa shape index (κ1) is 15.4. The Kier molecular flexibility index (Phi) is 5.14. The summed E-state index contributed by atoms with van der Waals surface area (Å²) in [6.45, 7) is -0.0161. The van der Waals surface area contributed by atoms with Crippen LogP contribution in [0.3, 0.4) is 0 Å². The van der Waals surface area contributed by atoms with Gasteiger partial charge in [-0.05, 0) is 49.9 Å². The molecular weight excluding hydrogens is 290 g/mol. The topological polar surface area (TPSA) is 47.6 Å². The zero-order chi connectivity index (χ0) is 15.9. The van der Waals surface area contributed by atoms with Gasteiger partial charge < -0.3 is 14.8 Å². The highest BCUT2D eigenvalue weighted by Crippen LogP contribution is 2.25. The molecule has 0 heterocycles. The molecule has 4 nitrogen and oxygen atoms in total. The molecule has 2 aromatic rings. The Hall–Kier alpha value is -2.49. The number of amides is 1. The average molecular weight is 311 g/mol. The van der Waals surface area contributed by atoms with Crippen LogP contribution in [0.2, 0.25) is 0 Å². The molecular formula is C19H21NO3. The number of carbonyl (C=O) groups is 1. The summed E-state index contributed by atoms with van der Waals surface area (Å²) in [6.07, 6.45) is 5.00. The molecule has 1 saturated carbocycles. The molecule has 1 aliphatic rings. The fourth-order valence-electron chi connectivity index (χ4n) is 2.71. The van der Waals surface area contributed by atoms with Crippen LogP contribution < -0.4 is 14.8 Å². The van der Waals surface area contributed by atoms with Crippen molar-refractivity contribution in [3.8, 4) is 11.5 Å². The molecule has 0 radical (unpaired) electrons. The lowest BCUT2D eigenvalue weighted by Gasteiger charge is -2.14. The molecule has 4 heteroatoms. The highest BCUT2D eigenvalue weighted by molar-refractivity contribution is 5.92. The molecule has 1 aliphatic carbocycles. The van der Waals surface area contributed by atoms with Gasteiger partial charge in [0.1, 0.15) is 11.5 Å². The third-order valence-corrected chi connectivity index (χ3v) is 3.84. The Bertz CT molecular complexity index is 636. The van der Waals surface area contributed by atoms with Gasteiger partial charge in [-0.25, -0.2) is 0 Å². The summed E-state index contributed by atoms with van der Waals surface area (Å²) >= 11 is 0. The number of hydrogen-bond acceptors (Lipinski definition) is 3. The van der Waals surface area contributed by atoms with Gasteiger partial charge in [0, 0.05) is 11.8 Å². The maximum Gasteiger partial charge on any atom is 0.262 e. The Balaban J connectivity index is 1.51. The van der Waals surface area contributed by atoms with E-state index in [1.54, 1.807) is 0 Å². The summed E-state index contributed by atoms with van der Waals surface area (Å²) in [5.41, 5.74) is 0.724. The van der Waals surface area contributed by atoms with Crippen LogP contribution in [0.15, 0.2) is 54.6 Å². The van der Waals surface area contributed by atoms with E-state index >= 15 is 0 Å². The Morgan fingerprint density at radius 3 is 2.52 bits per heavy atom. The molecule has 0 atom stereocenters. The van der Waals surface area contributed by atoms with E-state index in [4.69, 9.17) is 9.47 Å². The number of para-hydroxylation sites is 1. The van der Waals surface area contributed by atoms with E-state index < -0.39 is 0 Å². The van der Waals surface area contributed by atoms with Gasteiger partial charge in [-0.15, -0.1) is 0 Å². The number of anilines is 1. The average Bonchev–Trinajstić information content (AvgIpc) is 3.07. The number of hydrogen-bond donors (Lipinski definition) is 1. The maximum absolute atomic E-state index is 12.0. The van der Waals surface area contributed by atoms with Crippen molar-refractivity contribution in [3.05, 3.63) is 54.6 Å². The summed E-state index contributed by atoms with van der Waals surface area (Å²) < 4.78 is 11.4. The third kappa shape index (κ3) is 4.74. The molecule has 0 spiro atoms. The van der Waals surface area contributed by atoms with Crippen LogP contribution in [-0.2, 0) is 4.79 Å². The standard InChI is InChI=1S/C19H21NO3/c21-19(14-22-16-8-2-1-3-9-16)20-15-7-6-12-18(13-15)23-17-10-4-5-11-17/h1-3,6-9,12-13,17H,4-5,10-11,14H2,(H,20,21). The van der Waals surface area contributed by atoms with Crippen molar-refractivity contribution in [1.82, 2.24) is 0 Å². The molecule has 0 aliphatic heterocycles. The van der Waals surface area contributed by atoms with Gasteiger partial charge in [0.15, 0.2) is 6.61 Å². The Labute approximate surface area is 136 Å². The summed E-state index contributed by atoms with van der Waals surface area (Å²) in [4.78, 5) is 12.0. The SMILES string of the molecule is O=C(COc1ccccc1)Nc1cccc(OC2CCCC2)c1. The second kappa shape index (κ2) is 7.68. The van der Waals surface area contributed by atoms with Gasteiger partial charge >= 0.3 is 0 Å². The number of rotatable bonds is 6. The van der Waals surface area contributed by atoms with Crippen molar-refractivity contribution in [2.24, 2.45) is 0 Å². The van der Waals surface area contributed by atoms with Crippen LogP contribution in [0.5, 0.6) is 11.5 Å². The van der Waals surface area contributed by atoms with Crippen LogP contribution in [0.4, 0.5) is 5.69 Å².